The highest BCUT2D eigenvalue weighted by Gasteiger charge is 2.24. The quantitative estimate of drug-likeness (QED) is 0.375. The van der Waals surface area contributed by atoms with Gasteiger partial charge in [-0.2, -0.15) is 0 Å². The molecule has 0 atom stereocenters. The molecule has 1 heterocycles. The van der Waals surface area contributed by atoms with Gasteiger partial charge in [0.2, 0.25) is 0 Å². The molecule has 0 spiro atoms. The second kappa shape index (κ2) is 8.64. The number of carbonyl (C=O) groups is 1. The topological polar surface area (TPSA) is 127 Å². The third-order valence-corrected chi connectivity index (χ3v) is 4.42. The van der Waals surface area contributed by atoms with Crippen molar-refractivity contribution in [3.05, 3.63) is 70.4 Å². The molecular weight excluding hydrogens is 388 g/mol. The fraction of sp³-hybridized carbons (Fsp3) is 0.238. The van der Waals surface area contributed by atoms with E-state index in [1.165, 1.54) is 6.20 Å². The van der Waals surface area contributed by atoms with Crippen LogP contribution in [0.1, 0.15) is 19.4 Å². The first-order valence-electron chi connectivity index (χ1n) is 9.24. The normalized spacial score (nSPS) is 11.1. The molecule has 0 fully saturated rings. The number of nitrogens with zero attached hydrogens (tertiary/aromatic N) is 2. The van der Waals surface area contributed by atoms with E-state index >= 15 is 0 Å². The third kappa shape index (κ3) is 5.13. The molecule has 0 radical (unpaired) electrons. The molecule has 30 heavy (non-hydrogen) atoms. The predicted octanol–water partition coefficient (Wildman–Crippen LogP) is 4.18. The van der Waals surface area contributed by atoms with Crippen molar-refractivity contribution in [1.82, 2.24) is 10.3 Å². The number of hydrogen-bond donors (Lipinski definition) is 3. The van der Waals surface area contributed by atoms with Crippen molar-refractivity contribution in [2.75, 3.05) is 11.9 Å². The predicted molar refractivity (Wildman–Crippen MR) is 113 cm³/mol. The standard InChI is InChI=1S/C21H22N4O5/c1-21(2,24-20(26)27)13-23-19-16-10-15(30-12-14-6-4-3-5-7-14)8-9-17(16)22-11-18(19)25(28)29/h3-11,24H,12-13H2,1-2H3,(H,22,23)(H,26,27). The summed E-state index contributed by atoms with van der Waals surface area (Å²) in [5.41, 5.74) is 0.759. The Balaban J connectivity index is 1.92. The lowest BCUT2D eigenvalue weighted by Gasteiger charge is -2.25. The van der Waals surface area contributed by atoms with Crippen LogP contribution in [0.25, 0.3) is 10.9 Å². The summed E-state index contributed by atoms with van der Waals surface area (Å²) in [6, 6.07) is 14.8. The zero-order chi connectivity index (χ0) is 21.7. The van der Waals surface area contributed by atoms with E-state index in [2.05, 4.69) is 15.6 Å². The largest absolute Gasteiger partial charge is 0.489 e. The summed E-state index contributed by atoms with van der Waals surface area (Å²) in [6.45, 7) is 3.84. The van der Waals surface area contributed by atoms with Gasteiger partial charge in [-0.1, -0.05) is 30.3 Å². The Morgan fingerprint density at radius 3 is 2.63 bits per heavy atom. The van der Waals surface area contributed by atoms with Gasteiger partial charge in [-0.3, -0.25) is 10.1 Å². The van der Waals surface area contributed by atoms with Crippen molar-refractivity contribution < 1.29 is 19.6 Å². The number of aromatic nitrogens is 1. The summed E-state index contributed by atoms with van der Waals surface area (Å²) < 4.78 is 5.84. The lowest BCUT2D eigenvalue weighted by molar-refractivity contribution is -0.384. The van der Waals surface area contributed by atoms with E-state index in [0.717, 1.165) is 5.56 Å². The Labute approximate surface area is 172 Å². The number of nitrogens with one attached hydrogen (secondary N) is 2. The Hall–Kier alpha value is -3.88. The molecular formula is C21H22N4O5. The number of rotatable bonds is 8. The molecule has 0 aliphatic heterocycles. The first kappa shape index (κ1) is 20.8. The summed E-state index contributed by atoms with van der Waals surface area (Å²) in [5, 5.41) is 26.4. The van der Waals surface area contributed by atoms with Gasteiger partial charge in [-0.05, 0) is 37.6 Å². The van der Waals surface area contributed by atoms with Crippen LogP contribution in [-0.2, 0) is 6.61 Å². The SMILES string of the molecule is CC(C)(CNc1c([N+](=O)[O-])cnc2ccc(OCc3ccccc3)cc12)NC(=O)O. The van der Waals surface area contributed by atoms with E-state index in [9.17, 15) is 14.9 Å². The fourth-order valence-corrected chi connectivity index (χ4v) is 2.96. The van der Waals surface area contributed by atoms with Crippen LogP contribution in [-0.4, -0.2) is 33.2 Å². The van der Waals surface area contributed by atoms with E-state index in [1.807, 2.05) is 30.3 Å². The van der Waals surface area contributed by atoms with Crippen LogP contribution in [0.5, 0.6) is 5.75 Å². The van der Waals surface area contributed by atoms with Gasteiger partial charge in [0.15, 0.2) is 0 Å². The van der Waals surface area contributed by atoms with Crippen molar-refractivity contribution >= 4 is 28.4 Å². The molecule has 156 valence electrons. The number of fused-ring (bicyclic) bond motifs is 1. The number of amides is 1. The molecule has 0 saturated carbocycles. The highest BCUT2D eigenvalue weighted by Crippen LogP contribution is 2.34. The summed E-state index contributed by atoms with van der Waals surface area (Å²) in [6.07, 6.45) is 0.0137. The van der Waals surface area contributed by atoms with Crippen molar-refractivity contribution in [2.24, 2.45) is 0 Å². The number of anilines is 1. The molecule has 0 unspecified atom stereocenters. The Morgan fingerprint density at radius 1 is 1.23 bits per heavy atom. The summed E-state index contributed by atoms with van der Waals surface area (Å²) in [4.78, 5) is 26.2. The minimum atomic E-state index is -1.17. The van der Waals surface area contributed by atoms with Crippen LogP contribution in [0.4, 0.5) is 16.2 Å². The lowest BCUT2D eigenvalue weighted by atomic mass is 10.1. The van der Waals surface area contributed by atoms with Crippen molar-refractivity contribution in [2.45, 2.75) is 26.0 Å². The van der Waals surface area contributed by atoms with Crippen molar-refractivity contribution in [1.29, 1.82) is 0 Å². The van der Waals surface area contributed by atoms with Gasteiger partial charge >= 0.3 is 11.8 Å². The average molecular weight is 410 g/mol. The number of pyridine rings is 1. The number of ether oxygens (including phenoxy) is 1. The summed E-state index contributed by atoms with van der Waals surface area (Å²) in [5.74, 6) is 0.541. The van der Waals surface area contributed by atoms with Crippen LogP contribution in [0.3, 0.4) is 0 Å². The van der Waals surface area contributed by atoms with Crippen LogP contribution in [0.2, 0.25) is 0 Å². The van der Waals surface area contributed by atoms with Crippen molar-refractivity contribution in [3.63, 3.8) is 0 Å². The molecule has 3 N–H and O–H groups in total. The zero-order valence-electron chi connectivity index (χ0n) is 16.6. The number of benzene rings is 2. The lowest BCUT2D eigenvalue weighted by Crippen LogP contribution is -2.47. The fourth-order valence-electron chi connectivity index (χ4n) is 2.96. The van der Waals surface area contributed by atoms with Gasteiger partial charge in [0, 0.05) is 11.9 Å². The molecule has 0 saturated heterocycles. The monoisotopic (exact) mass is 410 g/mol. The van der Waals surface area contributed by atoms with Gasteiger partial charge in [0.1, 0.15) is 24.2 Å². The van der Waals surface area contributed by atoms with Gasteiger partial charge in [-0.15, -0.1) is 0 Å². The van der Waals surface area contributed by atoms with Crippen LogP contribution in [0, 0.1) is 10.1 Å². The van der Waals surface area contributed by atoms with Gasteiger partial charge in [0.25, 0.3) is 0 Å². The molecule has 0 aliphatic rings. The maximum Gasteiger partial charge on any atom is 0.405 e. The van der Waals surface area contributed by atoms with Crippen molar-refractivity contribution in [3.8, 4) is 5.75 Å². The summed E-state index contributed by atoms with van der Waals surface area (Å²) in [7, 11) is 0. The van der Waals surface area contributed by atoms with E-state index in [0.29, 0.717) is 23.3 Å². The van der Waals surface area contributed by atoms with E-state index in [4.69, 9.17) is 9.84 Å². The van der Waals surface area contributed by atoms with Gasteiger partial charge in [0.05, 0.1) is 16.0 Å². The molecule has 9 heteroatoms. The van der Waals surface area contributed by atoms with E-state index < -0.39 is 16.6 Å². The minimum Gasteiger partial charge on any atom is -0.489 e. The van der Waals surface area contributed by atoms with Crippen LogP contribution < -0.4 is 15.4 Å². The first-order chi connectivity index (χ1) is 14.2. The molecule has 1 aromatic heterocycles. The average Bonchev–Trinajstić information content (AvgIpc) is 2.70. The zero-order valence-corrected chi connectivity index (χ0v) is 16.6. The molecule has 1 amide bonds. The molecule has 3 aromatic rings. The molecule has 9 nitrogen and oxygen atoms in total. The second-order valence-electron chi connectivity index (χ2n) is 7.40. The highest BCUT2D eigenvalue weighted by atomic mass is 16.6. The van der Waals surface area contributed by atoms with Gasteiger partial charge in [-0.25, -0.2) is 9.78 Å². The molecule has 0 bridgehead atoms. The first-order valence-corrected chi connectivity index (χ1v) is 9.24. The second-order valence-corrected chi connectivity index (χ2v) is 7.40. The maximum atomic E-state index is 11.5. The van der Waals surface area contributed by atoms with E-state index in [1.54, 1.807) is 32.0 Å². The Kier molecular flexibility index (Phi) is 6.01. The summed E-state index contributed by atoms with van der Waals surface area (Å²) >= 11 is 0. The molecule has 2 aromatic carbocycles. The minimum absolute atomic E-state index is 0.133. The Morgan fingerprint density at radius 2 is 1.97 bits per heavy atom. The van der Waals surface area contributed by atoms with Gasteiger partial charge < -0.3 is 20.5 Å². The van der Waals surface area contributed by atoms with Crippen LogP contribution in [0.15, 0.2) is 54.7 Å². The molecule has 3 rings (SSSR count). The number of carboxylic acid groups (broad SMARTS) is 1. The molecule has 0 aliphatic carbocycles. The maximum absolute atomic E-state index is 11.5. The third-order valence-electron chi connectivity index (χ3n) is 4.42. The highest BCUT2D eigenvalue weighted by molar-refractivity contribution is 5.96. The van der Waals surface area contributed by atoms with E-state index in [-0.39, 0.29) is 17.9 Å². The van der Waals surface area contributed by atoms with Crippen LogP contribution >= 0.6 is 0 Å². The number of nitro groups is 1. The Bertz CT molecular complexity index is 1070. The number of hydrogen-bond acceptors (Lipinski definition) is 6. The smallest absolute Gasteiger partial charge is 0.405 e.